The van der Waals surface area contributed by atoms with Crippen LogP contribution in [0.3, 0.4) is 0 Å². The quantitative estimate of drug-likeness (QED) is 0.129. The highest BCUT2D eigenvalue weighted by molar-refractivity contribution is 6.08. The van der Waals surface area contributed by atoms with Crippen molar-refractivity contribution in [1.82, 2.24) is 4.58 Å². The van der Waals surface area contributed by atoms with Crippen molar-refractivity contribution in [2.75, 3.05) is 31.1 Å². The maximum absolute atomic E-state index is 13.2. The second-order valence-corrected chi connectivity index (χ2v) is 8.94. The van der Waals surface area contributed by atoms with Gasteiger partial charge in [-0.2, -0.15) is 0 Å². The van der Waals surface area contributed by atoms with Crippen molar-refractivity contribution in [2.24, 2.45) is 0 Å². The summed E-state index contributed by atoms with van der Waals surface area (Å²) in [5.41, 5.74) is 5.00. The number of terminal acetylenes is 1. The Morgan fingerprint density at radius 2 is 1.73 bits per heavy atom. The van der Waals surface area contributed by atoms with Gasteiger partial charge in [-0.05, 0) is 64.4 Å². The van der Waals surface area contributed by atoms with Crippen molar-refractivity contribution in [1.29, 1.82) is 0 Å². The third kappa shape index (κ3) is 5.11. The fourth-order valence-corrected chi connectivity index (χ4v) is 4.87. The molecular formula is C32H35N2O3+. The number of benzene rings is 3. The van der Waals surface area contributed by atoms with Gasteiger partial charge in [-0.1, -0.05) is 24.1 Å². The van der Waals surface area contributed by atoms with Crippen LogP contribution in [0.4, 0.5) is 5.69 Å². The zero-order valence-corrected chi connectivity index (χ0v) is 22.4. The molecule has 0 saturated carbocycles. The number of hydrogen-bond donors (Lipinski definition) is 0. The summed E-state index contributed by atoms with van der Waals surface area (Å²) in [7, 11) is 0. The van der Waals surface area contributed by atoms with E-state index in [-0.39, 0.29) is 0 Å². The molecule has 0 bridgehead atoms. The summed E-state index contributed by atoms with van der Waals surface area (Å²) < 4.78 is 14.4. The number of ether oxygens (including phenoxy) is 1. The molecule has 190 valence electrons. The van der Waals surface area contributed by atoms with E-state index in [1.807, 2.05) is 18.2 Å². The number of anilines is 1. The molecule has 0 N–H and O–H groups in total. The topological polar surface area (TPSA) is 45.7 Å². The molecule has 1 atom stereocenters. The number of rotatable bonds is 8. The summed E-state index contributed by atoms with van der Waals surface area (Å²) in [5, 5.41) is 2.03. The third-order valence-corrected chi connectivity index (χ3v) is 6.88. The summed E-state index contributed by atoms with van der Waals surface area (Å²) >= 11 is 0. The summed E-state index contributed by atoms with van der Waals surface area (Å²) in [6, 6.07) is 20.1. The van der Waals surface area contributed by atoms with Gasteiger partial charge in [0.25, 0.3) is 0 Å². The van der Waals surface area contributed by atoms with Gasteiger partial charge < -0.3 is 14.1 Å². The second kappa shape index (κ2) is 11.3. The van der Waals surface area contributed by atoms with Crippen molar-refractivity contribution in [3.63, 3.8) is 0 Å². The lowest BCUT2D eigenvalue weighted by Crippen LogP contribution is -2.29. The monoisotopic (exact) mass is 495 g/mol. The molecule has 2 aromatic carbocycles. The van der Waals surface area contributed by atoms with Crippen molar-refractivity contribution in [2.45, 2.75) is 40.7 Å². The van der Waals surface area contributed by atoms with E-state index >= 15 is 0 Å². The maximum Gasteiger partial charge on any atom is 0.339 e. The van der Waals surface area contributed by atoms with Crippen molar-refractivity contribution in [3.8, 4) is 34.8 Å². The predicted molar refractivity (Wildman–Crippen MR) is 152 cm³/mol. The smallest absolute Gasteiger partial charge is 0.339 e. The second-order valence-electron chi connectivity index (χ2n) is 8.94. The number of carbonyl (C=O) groups is 1. The summed E-state index contributed by atoms with van der Waals surface area (Å²) in [4.78, 5) is 15.5. The zero-order chi connectivity index (χ0) is 26.5. The van der Waals surface area contributed by atoms with Crippen LogP contribution in [0.5, 0.6) is 0 Å². The van der Waals surface area contributed by atoms with Crippen LogP contribution in [0.25, 0.3) is 33.4 Å². The third-order valence-electron chi connectivity index (χ3n) is 6.88. The van der Waals surface area contributed by atoms with Gasteiger partial charge in [0.05, 0.1) is 11.6 Å². The minimum absolute atomic E-state index is 0.442. The highest BCUT2D eigenvalue weighted by Crippen LogP contribution is 2.42. The van der Waals surface area contributed by atoms with Gasteiger partial charge in [0, 0.05) is 47.4 Å². The van der Waals surface area contributed by atoms with Gasteiger partial charge in [0.2, 0.25) is 5.36 Å². The fourth-order valence-electron chi connectivity index (χ4n) is 4.87. The van der Waals surface area contributed by atoms with E-state index < -0.39 is 12.1 Å². The summed E-state index contributed by atoms with van der Waals surface area (Å²) in [6.45, 7) is 13.9. The van der Waals surface area contributed by atoms with Crippen LogP contribution in [0.2, 0.25) is 0 Å². The minimum Gasteiger partial charge on any atom is -0.456 e. The first-order valence-corrected chi connectivity index (χ1v) is 13.1. The largest absolute Gasteiger partial charge is 0.456 e. The van der Waals surface area contributed by atoms with E-state index in [2.05, 4.69) is 79.5 Å². The van der Waals surface area contributed by atoms with Gasteiger partial charge in [-0.15, -0.1) is 6.42 Å². The average Bonchev–Trinajstić information content (AvgIpc) is 2.92. The highest BCUT2D eigenvalue weighted by Gasteiger charge is 2.23. The Kier molecular flexibility index (Phi) is 7.98. The Labute approximate surface area is 219 Å². The molecule has 1 aliphatic heterocycles. The van der Waals surface area contributed by atoms with Gasteiger partial charge in [-0.25, -0.2) is 9.37 Å². The molecule has 1 aliphatic carbocycles. The first-order chi connectivity index (χ1) is 17.9. The van der Waals surface area contributed by atoms with Crippen molar-refractivity contribution >= 4 is 22.6 Å². The molecule has 37 heavy (non-hydrogen) atoms. The Bertz CT molecular complexity index is 1500. The number of carbonyl (C=O) groups excluding carboxylic acids is 1. The van der Waals surface area contributed by atoms with Crippen molar-refractivity contribution < 1.29 is 13.9 Å². The molecule has 0 fully saturated rings. The molecule has 0 amide bonds. The molecule has 4 rings (SSSR count). The molecule has 2 aromatic rings. The number of nitrogens with zero attached hydrogens (tertiary/aromatic N) is 2. The normalized spacial score (nSPS) is 11.8. The first kappa shape index (κ1) is 26.0. The Balaban J connectivity index is 2.07. The van der Waals surface area contributed by atoms with Gasteiger partial charge >= 0.3 is 5.97 Å². The van der Waals surface area contributed by atoms with Crippen LogP contribution in [-0.4, -0.2) is 38.3 Å². The Morgan fingerprint density at radius 3 is 2.41 bits per heavy atom. The molecule has 5 heteroatoms. The van der Waals surface area contributed by atoms with Crippen LogP contribution in [0.15, 0.2) is 65.1 Å². The van der Waals surface area contributed by atoms with E-state index in [1.165, 1.54) is 0 Å². The maximum atomic E-state index is 13.2. The summed E-state index contributed by atoms with van der Waals surface area (Å²) in [6.07, 6.45) is 4.85. The zero-order valence-electron chi connectivity index (χ0n) is 22.4. The van der Waals surface area contributed by atoms with Crippen LogP contribution >= 0.6 is 0 Å². The SMILES string of the molecule is C#CC(C)OC(=O)c1ccccc1-c1c2ccc(=[N+](CC)CC)cc-2oc2cc(N(CC)CC)ccc12. The minimum atomic E-state index is -0.618. The molecular weight excluding hydrogens is 460 g/mol. The standard InChI is InChI=1S/C32H35N2O3/c1-7-22(6)36-32(35)26-15-13-12-14-25(26)31-27-18-16-23(33(8-2)9-3)20-29(27)37-30-21-24(17-19-28(30)31)34(10-4)11-5/h1,12-22H,8-11H2,2-6H3/q+1. The molecule has 0 radical (unpaired) electrons. The molecule has 0 spiro atoms. The van der Waals surface area contributed by atoms with Gasteiger partial charge in [0.15, 0.2) is 6.10 Å². The van der Waals surface area contributed by atoms with Gasteiger partial charge in [0.1, 0.15) is 24.4 Å². The molecule has 2 aliphatic rings. The lowest BCUT2D eigenvalue weighted by atomic mass is 9.90. The molecule has 1 unspecified atom stereocenters. The van der Waals surface area contributed by atoms with E-state index in [4.69, 9.17) is 15.6 Å². The van der Waals surface area contributed by atoms with E-state index in [0.29, 0.717) is 5.56 Å². The van der Waals surface area contributed by atoms with E-state index in [1.54, 1.807) is 13.0 Å². The lowest BCUT2D eigenvalue weighted by molar-refractivity contribution is 0.0440. The number of fused-ring (bicyclic) bond motifs is 2. The highest BCUT2D eigenvalue weighted by atomic mass is 16.5. The van der Waals surface area contributed by atoms with Crippen LogP contribution in [0, 0.1) is 12.3 Å². The van der Waals surface area contributed by atoms with E-state index in [9.17, 15) is 4.79 Å². The average molecular weight is 496 g/mol. The fraction of sp³-hybridized carbons (Fsp3) is 0.312. The van der Waals surface area contributed by atoms with Crippen LogP contribution in [-0.2, 0) is 4.74 Å². The lowest BCUT2D eigenvalue weighted by Gasteiger charge is -2.22. The Hall–Kier alpha value is -4.04. The molecule has 0 saturated heterocycles. The van der Waals surface area contributed by atoms with Crippen LogP contribution in [0.1, 0.15) is 45.0 Å². The number of esters is 1. The molecule has 1 heterocycles. The van der Waals surface area contributed by atoms with Crippen LogP contribution < -0.4 is 14.8 Å². The van der Waals surface area contributed by atoms with Gasteiger partial charge in [-0.3, -0.25) is 0 Å². The molecule has 0 aromatic heterocycles. The van der Waals surface area contributed by atoms with Crippen molar-refractivity contribution in [3.05, 3.63) is 71.6 Å². The Morgan fingerprint density at radius 1 is 1.00 bits per heavy atom. The van der Waals surface area contributed by atoms with E-state index in [0.717, 1.165) is 70.6 Å². The number of hydrogen-bond acceptors (Lipinski definition) is 4. The predicted octanol–water partition coefficient (Wildman–Crippen LogP) is 6.04. The molecule has 5 nitrogen and oxygen atoms in total. The first-order valence-electron chi connectivity index (χ1n) is 13.1. The summed E-state index contributed by atoms with van der Waals surface area (Å²) in [5.74, 6) is 2.80.